The molecule has 5 heteroatoms. The van der Waals surface area contributed by atoms with E-state index in [0.29, 0.717) is 5.57 Å². The first-order valence-corrected chi connectivity index (χ1v) is 4.24. The average molecular weight is 273 g/mol. The van der Waals surface area contributed by atoms with E-state index >= 15 is 0 Å². The molecule has 1 fully saturated rings. The maximum atomic E-state index is 11.3. The van der Waals surface area contributed by atoms with Gasteiger partial charge >= 0.3 is 0 Å². The van der Waals surface area contributed by atoms with Gasteiger partial charge in [0.25, 0.3) is 0 Å². The van der Waals surface area contributed by atoms with Gasteiger partial charge in [-0.05, 0) is 25.5 Å². The molecule has 1 saturated heterocycles. The van der Waals surface area contributed by atoms with Crippen LogP contribution in [0.25, 0.3) is 0 Å². The summed E-state index contributed by atoms with van der Waals surface area (Å²) in [5, 5.41) is 8.95. The van der Waals surface area contributed by atoms with Crippen molar-refractivity contribution in [3.05, 3.63) is 11.6 Å². The number of aliphatic hydroxyl groups is 1. The van der Waals surface area contributed by atoms with E-state index in [1.807, 2.05) is 0 Å². The summed E-state index contributed by atoms with van der Waals surface area (Å²) in [7, 11) is 0. The molecular weight excluding hydrogens is 261 g/mol. The smallest absolute Gasteiger partial charge is 0.187 e. The van der Waals surface area contributed by atoms with Crippen LogP contribution < -0.4 is 0 Å². The van der Waals surface area contributed by atoms with Crippen molar-refractivity contribution in [2.75, 3.05) is 6.61 Å². The summed E-state index contributed by atoms with van der Waals surface area (Å²) in [6, 6.07) is 0. The van der Waals surface area contributed by atoms with E-state index in [2.05, 4.69) is 0 Å². The zero-order chi connectivity index (χ0) is 9.64. The number of fused-ring (bicyclic) bond motifs is 1. The van der Waals surface area contributed by atoms with Gasteiger partial charge in [0.1, 0.15) is 6.10 Å². The van der Waals surface area contributed by atoms with Crippen molar-refractivity contribution in [1.82, 2.24) is 0 Å². The molecular formula is C9H12O4Y. The quantitative estimate of drug-likeness (QED) is 0.731. The molecule has 1 aliphatic heterocycles. The number of hydrogen-bond acceptors (Lipinski definition) is 4. The molecule has 0 aromatic carbocycles. The number of ether oxygens (including phenoxy) is 2. The Morgan fingerprint density at radius 3 is 2.57 bits per heavy atom. The molecule has 0 saturated carbocycles. The second-order valence-electron chi connectivity index (χ2n) is 3.76. The largest absolute Gasteiger partial charge is 0.392 e. The predicted molar refractivity (Wildman–Crippen MR) is 44.0 cm³/mol. The second-order valence-corrected chi connectivity index (χ2v) is 3.76. The van der Waals surface area contributed by atoms with Crippen molar-refractivity contribution in [3.8, 4) is 0 Å². The van der Waals surface area contributed by atoms with Gasteiger partial charge in [0.15, 0.2) is 17.7 Å². The van der Waals surface area contributed by atoms with E-state index in [1.54, 1.807) is 13.8 Å². The Bertz CT molecular complexity index is 285. The summed E-state index contributed by atoms with van der Waals surface area (Å²) < 4.78 is 10.9. The van der Waals surface area contributed by atoms with Gasteiger partial charge in [0, 0.05) is 32.7 Å². The first-order chi connectivity index (χ1) is 6.03. The molecule has 75 valence electrons. The molecule has 1 unspecified atom stereocenters. The summed E-state index contributed by atoms with van der Waals surface area (Å²) in [5.41, 5.74) is 0.612. The van der Waals surface area contributed by atoms with E-state index in [9.17, 15) is 4.79 Å². The first kappa shape index (κ1) is 12.5. The molecule has 2 atom stereocenters. The number of hydrogen-bond donors (Lipinski definition) is 1. The normalized spacial score (nSPS) is 33.6. The SMILES string of the molecule is CC1(C)OC2C(=O)C=C(CO)[C@@H]2O1.[Y]. The van der Waals surface area contributed by atoms with E-state index in [0.717, 1.165) is 0 Å². The van der Waals surface area contributed by atoms with Gasteiger partial charge < -0.3 is 14.6 Å². The third kappa shape index (κ3) is 2.00. The summed E-state index contributed by atoms with van der Waals surface area (Å²) in [5.74, 6) is -0.834. The molecule has 0 amide bonds. The Labute approximate surface area is 108 Å². The van der Waals surface area contributed by atoms with Crippen molar-refractivity contribution in [2.24, 2.45) is 0 Å². The zero-order valence-electron chi connectivity index (χ0n) is 8.19. The van der Waals surface area contributed by atoms with E-state index in [4.69, 9.17) is 14.6 Å². The minimum Gasteiger partial charge on any atom is -0.392 e. The van der Waals surface area contributed by atoms with Gasteiger partial charge in [-0.25, -0.2) is 0 Å². The van der Waals surface area contributed by atoms with Crippen LogP contribution in [0.3, 0.4) is 0 Å². The van der Waals surface area contributed by atoms with Crippen molar-refractivity contribution in [1.29, 1.82) is 0 Å². The molecule has 4 nitrogen and oxygen atoms in total. The van der Waals surface area contributed by atoms with Crippen molar-refractivity contribution >= 4 is 5.78 Å². The van der Waals surface area contributed by atoms with Gasteiger partial charge in [0.05, 0.1) is 6.61 Å². The number of ketones is 1. The van der Waals surface area contributed by atoms with Crippen LogP contribution in [0.4, 0.5) is 0 Å². The van der Waals surface area contributed by atoms with Crippen LogP contribution >= 0.6 is 0 Å². The summed E-state index contributed by atoms with van der Waals surface area (Å²) in [4.78, 5) is 11.3. The fraction of sp³-hybridized carbons (Fsp3) is 0.667. The fourth-order valence-corrected chi connectivity index (χ4v) is 1.72. The average Bonchev–Trinajstić information content (AvgIpc) is 2.47. The molecule has 0 aromatic heterocycles. The predicted octanol–water partition coefficient (Wildman–Crippen LogP) is 0.00540. The Balaban J connectivity index is 0.000000980. The third-order valence-electron chi connectivity index (χ3n) is 2.25. The number of aliphatic hydroxyl groups excluding tert-OH is 1. The molecule has 1 aliphatic carbocycles. The summed E-state index contributed by atoms with van der Waals surface area (Å²) >= 11 is 0. The standard InChI is InChI=1S/C9H12O4.Y/c1-9(2)12-7-5(4-10)3-6(11)8(7)13-9;/h3,7-8,10H,4H2,1-2H3;/t7-,8?;/m0./s1. The van der Waals surface area contributed by atoms with Gasteiger partial charge in [-0.1, -0.05) is 0 Å². The van der Waals surface area contributed by atoms with E-state index < -0.39 is 11.9 Å². The zero-order valence-corrected chi connectivity index (χ0v) is 11.0. The van der Waals surface area contributed by atoms with Crippen LogP contribution in [0.2, 0.25) is 0 Å². The molecule has 0 aromatic rings. The van der Waals surface area contributed by atoms with Crippen molar-refractivity contribution in [2.45, 2.75) is 31.8 Å². The molecule has 0 bridgehead atoms. The molecule has 1 N–H and O–H groups in total. The number of carbonyl (C=O) groups is 1. The molecule has 1 heterocycles. The maximum absolute atomic E-state index is 11.3. The third-order valence-corrected chi connectivity index (χ3v) is 2.25. The molecule has 2 rings (SSSR count). The molecule has 2 aliphatic rings. The Morgan fingerprint density at radius 2 is 2.00 bits per heavy atom. The van der Waals surface area contributed by atoms with E-state index in [-0.39, 0.29) is 51.2 Å². The fourth-order valence-electron chi connectivity index (χ4n) is 1.72. The van der Waals surface area contributed by atoms with Gasteiger partial charge in [-0.2, -0.15) is 0 Å². The van der Waals surface area contributed by atoms with Gasteiger partial charge in [-0.15, -0.1) is 0 Å². The first-order valence-electron chi connectivity index (χ1n) is 4.24. The topological polar surface area (TPSA) is 55.8 Å². The van der Waals surface area contributed by atoms with E-state index in [1.165, 1.54) is 6.08 Å². The molecule has 1 radical (unpaired) electrons. The van der Waals surface area contributed by atoms with Crippen LogP contribution in [0.1, 0.15) is 13.8 Å². The molecule has 0 spiro atoms. The monoisotopic (exact) mass is 273 g/mol. The van der Waals surface area contributed by atoms with Crippen LogP contribution in [-0.4, -0.2) is 35.5 Å². The van der Waals surface area contributed by atoms with Crippen LogP contribution in [0.5, 0.6) is 0 Å². The Morgan fingerprint density at radius 1 is 1.43 bits per heavy atom. The number of carbonyl (C=O) groups excluding carboxylic acids is 1. The van der Waals surface area contributed by atoms with Gasteiger partial charge in [-0.3, -0.25) is 4.79 Å². The van der Waals surface area contributed by atoms with Crippen LogP contribution in [-0.2, 0) is 47.0 Å². The maximum Gasteiger partial charge on any atom is 0.187 e. The summed E-state index contributed by atoms with van der Waals surface area (Å²) in [6.07, 6.45) is 0.481. The molecule has 14 heavy (non-hydrogen) atoms. The minimum absolute atomic E-state index is 0. The summed E-state index contributed by atoms with van der Waals surface area (Å²) in [6.45, 7) is 3.37. The van der Waals surface area contributed by atoms with Crippen LogP contribution in [0.15, 0.2) is 11.6 Å². The second kappa shape index (κ2) is 4.10. The van der Waals surface area contributed by atoms with Crippen molar-refractivity contribution in [3.63, 3.8) is 0 Å². The van der Waals surface area contributed by atoms with Gasteiger partial charge in [0.2, 0.25) is 0 Å². The Kier molecular flexibility index (Phi) is 3.65. The van der Waals surface area contributed by atoms with Crippen molar-refractivity contribution < 1.29 is 52.1 Å². The minimum atomic E-state index is -0.723. The van der Waals surface area contributed by atoms with Crippen LogP contribution in [0, 0.1) is 0 Å². The Hall–Kier alpha value is 0.394. The number of rotatable bonds is 1.